The average molecular weight is 406 g/mol. The van der Waals surface area contributed by atoms with Crippen LogP contribution in [-0.4, -0.2) is 51.4 Å². The quantitative estimate of drug-likeness (QED) is 0.744. The molecule has 0 fully saturated rings. The summed E-state index contributed by atoms with van der Waals surface area (Å²) in [5.74, 6) is -2.35. The first-order valence-electron chi connectivity index (χ1n) is 7.65. The van der Waals surface area contributed by atoms with Crippen LogP contribution in [0.2, 0.25) is 0 Å². The number of halogens is 5. The van der Waals surface area contributed by atoms with Gasteiger partial charge in [-0.05, 0) is 19.1 Å². The normalized spacial score (nSPS) is 13.6. The minimum absolute atomic E-state index is 0.143. The number of carbonyl (C=O) groups excluding carboxylic acids is 1. The van der Waals surface area contributed by atoms with Gasteiger partial charge in [0.05, 0.1) is 18.9 Å². The maximum Gasteiger partial charge on any atom is 0.418 e. The van der Waals surface area contributed by atoms with Crippen molar-refractivity contribution in [3.8, 4) is 11.6 Å². The number of aliphatic hydroxyl groups is 1. The van der Waals surface area contributed by atoms with E-state index in [2.05, 4.69) is 15.3 Å². The summed E-state index contributed by atoms with van der Waals surface area (Å²) in [6.45, 7) is -0.482. The number of rotatable bonds is 5. The molecule has 2 N–H and O–H groups in total. The number of ether oxygens (including phenoxy) is 1. The van der Waals surface area contributed by atoms with Crippen molar-refractivity contribution in [2.75, 3.05) is 18.9 Å². The highest BCUT2D eigenvalue weighted by molar-refractivity contribution is 5.87. The number of anilines is 1. The van der Waals surface area contributed by atoms with Crippen LogP contribution in [0.4, 0.5) is 32.6 Å². The van der Waals surface area contributed by atoms with Crippen molar-refractivity contribution in [2.24, 2.45) is 0 Å². The van der Waals surface area contributed by atoms with E-state index in [1.165, 1.54) is 0 Å². The molecular formula is C16H15F5N4O3. The summed E-state index contributed by atoms with van der Waals surface area (Å²) >= 11 is 0. The number of alkyl halides is 3. The van der Waals surface area contributed by atoms with E-state index in [1.807, 2.05) is 0 Å². The Morgan fingerprint density at radius 3 is 2.50 bits per heavy atom. The first-order valence-corrected chi connectivity index (χ1v) is 7.65. The number of hydrogen-bond acceptors (Lipinski definition) is 5. The van der Waals surface area contributed by atoms with Gasteiger partial charge in [-0.15, -0.1) is 0 Å². The predicted molar refractivity (Wildman–Crippen MR) is 86.8 cm³/mol. The lowest BCUT2D eigenvalue weighted by atomic mass is 10.1. The van der Waals surface area contributed by atoms with Gasteiger partial charge < -0.3 is 14.7 Å². The van der Waals surface area contributed by atoms with E-state index < -0.39 is 41.7 Å². The molecule has 2 aromatic rings. The number of benzene rings is 1. The fraction of sp³-hybridized carbons (Fsp3) is 0.312. The highest BCUT2D eigenvalue weighted by atomic mass is 19.4. The van der Waals surface area contributed by atoms with Crippen LogP contribution in [0.1, 0.15) is 6.92 Å². The molecule has 12 heteroatoms. The zero-order valence-electron chi connectivity index (χ0n) is 14.6. The average Bonchev–Trinajstić information content (AvgIpc) is 2.58. The Hall–Kier alpha value is -3.02. The highest BCUT2D eigenvalue weighted by Gasteiger charge is 2.50. The van der Waals surface area contributed by atoms with Crippen LogP contribution in [-0.2, 0) is 0 Å². The van der Waals surface area contributed by atoms with E-state index in [0.29, 0.717) is 11.8 Å². The molecular weight excluding hydrogens is 391 g/mol. The van der Waals surface area contributed by atoms with E-state index in [9.17, 15) is 31.9 Å². The van der Waals surface area contributed by atoms with Crippen LogP contribution in [0.15, 0.2) is 30.6 Å². The van der Waals surface area contributed by atoms with Gasteiger partial charge in [0.25, 0.3) is 0 Å². The number of nitrogens with one attached hydrogen (secondary N) is 1. The molecule has 0 aliphatic carbocycles. The van der Waals surface area contributed by atoms with Crippen molar-refractivity contribution in [3.63, 3.8) is 0 Å². The lowest BCUT2D eigenvalue weighted by molar-refractivity contribution is -0.254. The van der Waals surface area contributed by atoms with E-state index in [1.54, 1.807) is 0 Å². The van der Waals surface area contributed by atoms with Crippen molar-refractivity contribution in [2.45, 2.75) is 18.7 Å². The Kier molecular flexibility index (Phi) is 6.02. The Bertz CT molecular complexity index is 843. The fourth-order valence-corrected chi connectivity index (χ4v) is 1.93. The molecule has 0 radical (unpaired) electrons. The molecule has 2 amide bonds. The number of carbonyl (C=O) groups is 1. The van der Waals surface area contributed by atoms with Gasteiger partial charge in [0.2, 0.25) is 5.88 Å². The number of nitrogens with zero attached hydrogens (tertiary/aromatic N) is 3. The number of likely N-dealkylation sites (N-methyl/N-ethyl adjacent to an activating group) is 1. The molecule has 1 heterocycles. The Labute approximate surface area is 155 Å². The molecule has 0 aliphatic heterocycles. The summed E-state index contributed by atoms with van der Waals surface area (Å²) < 4.78 is 69.6. The van der Waals surface area contributed by atoms with Gasteiger partial charge in [0.1, 0.15) is 5.82 Å². The van der Waals surface area contributed by atoms with E-state index in [0.717, 1.165) is 37.6 Å². The molecule has 152 valence electrons. The lowest BCUT2D eigenvalue weighted by Crippen LogP contribution is -2.52. The fourth-order valence-electron chi connectivity index (χ4n) is 1.93. The Morgan fingerprint density at radius 2 is 1.93 bits per heavy atom. The number of hydrogen-bond donors (Lipinski definition) is 2. The first-order chi connectivity index (χ1) is 12.9. The summed E-state index contributed by atoms with van der Waals surface area (Å²) in [6.07, 6.45) is -2.93. The molecule has 1 aromatic carbocycles. The van der Waals surface area contributed by atoms with Gasteiger partial charge in [-0.2, -0.15) is 13.2 Å². The molecule has 0 saturated carbocycles. The predicted octanol–water partition coefficient (Wildman–Crippen LogP) is 3.32. The lowest BCUT2D eigenvalue weighted by Gasteiger charge is -2.30. The molecule has 0 spiro atoms. The molecule has 7 nitrogen and oxygen atoms in total. The SMILES string of the molecule is CN(C[C@@](C)(O)C(F)(F)F)C(=O)Nc1cnc(Oc2cc(F)ccc2F)cn1. The van der Waals surface area contributed by atoms with E-state index in [-0.39, 0.29) is 11.7 Å². The van der Waals surface area contributed by atoms with Crippen LogP contribution >= 0.6 is 0 Å². The number of aromatic nitrogens is 2. The van der Waals surface area contributed by atoms with Crippen LogP contribution < -0.4 is 10.1 Å². The molecule has 28 heavy (non-hydrogen) atoms. The Balaban J connectivity index is 2.00. The molecule has 0 bridgehead atoms. The second-order valence-corrected chi connectivity index (χ2v) is 5.97. The maximum atomic E-state index is 13.5. The summed E-state index contributed by atoms with van der Waals surface area (Å²) in [5, 5.41) is 11.6. The van der Waals surface area contributed by atoms with Crippen molar-refractivity contribution in [3.05, 3.63) is 42.2 Å². The van der Waals surface area contributed by atoms with Crippen LogP contribution in [0.3, 0.4) is 0 Å². The van der Waals surface area contributed by atoms with Gasteiger partial charge >= 0.3 is 12.2 Å². The molecule has 2 rings (SSSR count). The second kappa shape index (κ2) is 7.92. The topological polar surface area (TPSA) is 87.6 Å². The number of urea groups is 1. The van der Waals surface area contributed by atoms with Gasteiger partial charge in [-0.25, -0.2) is 23.5 Å². The molecule has 0 saturated heterocycles. The van der Waals surface area contributed by atoms with Crippen LogP contribution in [0, 0.1) is 11.6 Å². The standard InChI is InChI=1S/C16H15F5N4O3/c1-15(27,16(19,20)21)8-25(2)14(26)24-12-6-23-13(7-22-12)28-11-5-9(17)3-4-10(11)18/h3-7,27H,8H2,1-2H3,(H,22,24,26)/t15-/m1/s1. The van der Waals surface area contributed by atoms with E-state index >= 15 is 0 Å². The van der Waals surface area contributed by atoms with Gasteiger partial charge in [0.15, 0.2) is 23.0 Å². The third kappa shape index (κ3) is 5.25. The minimum atomic E-state index is -4.92. The van der Waals surface area contributed by atoms with Gasteiger partial charge in [-0.1, -0.05) is 0 Å². The summed E-state index contributed by atoms with van der Waals surface area (Å²) in [7, 11) is 1.05. The Morgan fingerprint density at radius 1 is 1.25 bits per heavy atom. The second-order valence-electron chi connectivity index (χ2n) is 5.97. The third-order valence-electron chi connectivity index (χ3n) is 3.47. The maximum absolute atomic E-state index is 13.5. The third-order valence-corrected chi connectivity index (χ3v) is 3.47. The largest absolute Gasteiger partial charge is 0.434 e. The van der Waals surface area contributed by atoms with E-state index in [4.69, 9.17) is 4.74 Å². The van der Waals surface area contributed by atoms with Gasteiger partial charge in [0, 0.05) is 13.1 Å². The summed E-state index contributed by atoms with van der Waals surface area (Å²) in [6, 6.07) is 1.58. The summed E-state index contributed by atoms with van der Waals surface area (Å²) in [4.78, 5) is 20.0. The van der Waals surface area contributed by atoms with Crippen molar-refractivity contribution >= 4 is 11.8 Å². The first kappa shape index (κ1) is 21.3. The molecule has 1 atom stereocenters. The molecule has 0 aliphatic rings. The van der Waals surface area contributed by atoms with Crippen LogP contribution in [0.25, 0.3) is 0 Å². The monoisotopic (exact) mass is 406 g/mol. The zero-order valence-corrected chi connectivity index (χ0v) is 14.6. The van der Waals surface area contributed by atoms with Crippen molar-refractivity contribution in [1.29, 1.82) is 0 Å². The van der Waals surface area contributed by atoms with Crippen molar-refractivity contribution < 1.29 is 36.6 Å². The highest BCUT2D eigenvalue weighted by Crippen LogP contribution is 2.30. The molecule has 1 aromatic heterocycles. The van der Waals surface area contributed by atoms with Crippen molar-refractivity contribution in [1.82, 2.24) is 14.9 Å². The smallest absolute Gasteiger partial charge is 0.418 e. The minimum Gasteiger partial charge on any atom is -0.434 e. The number of amides is 2. The van der Waals surface area contributed by atoms with Crippen LogP contribution in [0.5, 0.6) is 11.6 Å². The zero-order chi connectivity index (χ0) is 21.1. The molecule has 0 unspecified atom stereocenters. The van der Waals surface area contributed by atoms with Gasteiger partial charge in [-0.3, -0.25) is 5.32 Å². The summed E-state index contributed by atoms with van der Waals surface area (Å²) in [5.41, 5.74) is -3.10.